The zero-order chi connectivity index (χ0) is 20.8. The highest BCUT2D eigenvalue weighted by atomic mass is 16.5. The molecule has 3 N–H and O–H groups in total. The van der Waals surface area contributed by atoms with E-state index in [9.17, 15) is 14.4 Å². The molecule has 0 aliphatic carbocycles. The first kappa shape index (κ1) is 19.8. The number of rotatable bonds is 7. The van der Waals surface area contributed by atoms with Gasteiger partial charge in [-0.15, -0.1) is 0 Å². The smallest absolute Gasteiger partial charge is 0.342 e. The predicted molar refractivity (Wildman–Crippen MR) is 106 cm³/mol. The van der Waals surface area contributed by atoms with Gasteiger partial charge < -0.3 is 15.8 Å². The van der Waals surface area contributed by atoms with Gasteiger partial charge in [-0.25, -0.2) is 9.48 Å². The largest absolute Gasteiger partial charge is 0.452 e. The van der Waals surface area contributed by atoms with Crippen LogP contribution in [-0.2, 0) is 14.3 Å². The van der Waals surface area contributed by atoms with E-state index in [-0.39, 0.29) is 12.1 Å². The Balaban J connectivity index is 1.86. The molecule has 3 rings (SSSR count). The van der Waals surface area contributed by atoms with Gasteiger partial charge in [0.2, 0.25) is 5.91 Å². The van der Waals surface area contributed by atoms with Crippen molar-refractivity contribution in [2.45, 2.75) is 6.92 Å². The average molecular weight is 392 g/mol. The number of nitrogens with one attached hydrogen (secondary N) is 1. The zero-order valence-corrected chi connectivity index (χ0v) is 15.8. The van der Waals surface area contributed by atoms with Gasteiger partial charge in [-0.1, -0.05) is 48.0 Å². The topological polar surface area (TPSA) is 116 Å². The van der Waals surface area contributed by atoms with Crippen molar-refractivity contribution in [2.75, 3.05) is 13.2 Å². The molecule has 8 nitrogen and oxygen atoms in total. The fourth-order valence-electron chi connectivity index (χ4n) is 2.61. The number of ether oxygens (including phenoxy) is 1. The molecule has 0 aliphatic rings. The molecule has 0 atom stereocenters. The van der Waals surface area contributed by atoms with Crippen molar-refractivity contribution in [1.29, 1.82) is 0 Å². The molecule has 1 heterocycles. The first-order chi connectivity index (χ1) is 13.9. The van der Waals surface area contributed by atoms with E-state index < -0.39 is 24.4 Å². The molecule has 2 amide bonds. The molecule has 0 fully saturated rings. The number of hydrogen-bond acceptors (Lipinski definition) is 5. The van der Waals surface area contributed by atoms with Gasteiger partial charge in [0.15, 0.2) is 6.61 Å². The van der Waals surface area contributed by atoms with E-state index in [1.807, 2.05) is 61.5 Å². The minimum absolute atomic E-state index is 0.223. The van der Waals surface area contributed by atoms with Gasteiger partial charge in [-0.3, -0.25) is 9.59 Å². The summed E-state index contributed by atoms with van der Waals surface area (Å²) in [7, 11) is 0. The monoisotopic (exact) mass is 392 g/mol. The Kier molecular flexibility index (Phi) is 6.03. The molecule has 29 heavy (non-hydrogen) atoms. The number of nitrogens with two attached hydrogens (primary N) is 1. The molecule has 0 spiro atoms. The van der Waals surface area contributed by atoms with Crippen molar-refractivity contribution >= 4 is 17.8 Å². The first-order valence-electron chi connectivity index (χ1n) is 8.88. The van der Waals surface area contributed by atoms with Crippen molar-refractivity contribution in [3.05, 3.63) is 71.9 Å². The van der Waals surface area contributed by atoms with Crippen LogP contribution in [0.2, 0.25) is 0 Å². The molecule has 0 radical (unpaired) electrons. The fraction of sp³-hybridized carbons (Fsp3) is 0.143. The Morgan fingerprint density at radius 1 is 1.07 bits per heavy atom. The summed E-state index contributed by atoms with van der Waals surface area (Å²) in [5.41, 5.74) is 8.23. The number of aromatic nitrogens is 2. The van der Waals surface area contributed by atoms with Crippen LogP contribution in [0.15, 0.2) is 60.8 Å². The van der Waals surface area contributed by atoms with E-state index in [4.69, 9.17) is 10.5 Å². The molecule has 1 aromatic heterocycles. The van der Waals surface area contributed by atoms with Crippen LogP contribution in [0.3, 0.4) is 0 Å². The van der Waals surface area contributed by atoms with Crippen molar-refractivity contribution in [3.63, 3.8) is 0 Å². The molecule has 3 aromatic rings. The minimum atomic E-state index is -0.697. The standard InChI is InChI=1S/C21H20N4O4/c1-14-7-9-15(10-8-14)20-17(12-25(24-20)16-5-3-2-4-6-16)21(28)29-13-19(27)23-11-18(22)26/h2-10,12H,11,13H2,1H3,(H2,22,26)(H,23,27). The van der Waals surface area contributed by atoms with Crippen molar-refractivity contribution in [3.8, 4) is 16.9 Å². The third-order valence-electron chi connectivity index (χ3n) is 4.07. The molecular formula is C21H20N4O4. The maximum Gasteiger partial charge on any atom is 0.342 e. The van der Waals surface area contributed by atoms with Crippen LogP contribution in [0.25, 0.3) is 16.9 Å². The van der Waals surface area contributed by atoms with E-state index in [2.05, 4.69) is 10.4 Å². The van der Waals surface area contributed by atoms with E-state index >= 15 is 0 Å². The highest BCUT2D eigenvalue weighted by molar-refractivity contribution is 5.97. The molecule has 0 aliphatic heterocycles. The second-order valence-electron chi connectivity index (χ2n) is 6.36. The number of primary amides is 1. The van der Waals surface area contributed by atoms with Crippen LogP contribution in [0.1, 0.15) is 15.9 Å². The summed E-state index contributed by atoms with van der Waals surface area (Å²) in [4.78, 5) is 35.0. The Hall–Kier alpha value is -3.94. The lowest BCUT2D eigenvalue weighted by Crippen LogP contribution is -2.36. The summed E-state index contributed by atoms with van der Waals surface area (Å²) >= 11 is 0. The van der Waals surface area contributed by atoms with E-state index in [0.717, 1.165) is 16.8 Å². The Labute approximate surface area is 167 Å². The lowest BCUT2D eigenvalue weighted by atomic mass is 10.1. The lowest BCUT2D eigenvalue weighted by Gasteiger charge is -2.05. The number of benzene rings is 2. The SMILES string of the molecule is Cc1ccc(-c2nn(-c3ccccc3)cc2C(=O)OCC(=O)NCC(N)=O)cc1. The molecule has 148 valence electrons. The molecule has 8 heteroatoms. The van der Waals surface area contributed by atoms with Crippen molar-refractivity contribution < 1.29 is 19.1 Å². The van der Waals surface area contributed by atoms with Crippen LogP contribution >= 0.6 is 0 Å². The lowest BCUT2D eigenvalue weighted by molar-refractivity contribution is -0.127. The van der Waals surface area contributed by atoms with E-state index in [1.165, 1.54) is 0 Å². The number of carbonyl (C=O) groups is 3. The number of aryl methyl sites for hydroxylation is 1. The number of nitrogens with zero attached hydrogens (tertiary/aromatic N) is 2. The summed E-state index contributed by atoms with van der Waals surface area (Å²) < 4.78 is 6.68. The summed E-state index contributed by atoms with van der Waals surface area (Å²) in [6.07, 6.45) is 1.56. The van der Waals surface area contributed by atoms with Gasteiger partial charge in [-0.05, 0) is 19.1 Å². The average Bonchev–Trinajstić information content (AvgIpc) is 3.17. The van der Waals surface area contributed by atoms with Gasteiger partial charge in [0.25, 0.3) is 5.91 Å². The first-order valence-corrected chi connectivity index (χ1v) is 8.88. The number of amides is 2. The number of para-hydroxylation sites is 1. The van der Waals surface area contributed by atoms with Crippen LogP contribution in [0.5, 0.6) is 0 Å². The molecule has 0 saturated carbocycles. The highest BCUT2D eigenvalue weighted by Crippen LogP contribution is 2.25. The summed E-state index contributed by atoms with van der Waals surface area (Å²) in [5.74, 6) is -2.00. The number of hydrogen-bond donors (Lipinski definition) is 2. The van der Waals surface area contributed by atoms with Crippen molar-refractivity contribution in [2.24, 2.45) is 5.73 Å². The van der Waals surface area contributed by atoms with Gasteiger partial charge in [0, 0.05) is 11.8 Å². The molecule has 0 bridgehead atoms. The van der Waals surface area contributed by atoms with Crippen LogP contribution in [0.4, 0.5) is 0 Å². The Bertz CT molecular complexity index is 1030. The van der Waals surface area contributed by atoms with Gasteiger partial charge in [0.1, 0.15) is 11.3 Å². The van der Waals surface area contributed by atoms with Gasteiger partial charge in [0.05, 0.1) is 12.2 Å². The fourth-order valence-corrected chi connectivity index (χ4v) is 2.61. The minimum Gasteiger partial charge on any atom is -0.452 e. The predicted octanol–water partition coefficient (Wildman–Crippen LogP) is 1.61. The highest BCUT2D eigenvalue weighted by Gasteiger charge is 2.21. The molecule has 2 aromatic carbocycles. The quantitative estimate of drug-likeness (QED) is 0.593. The van der Waals surface area contributed by atoms with E-state index in [0.29, 0.717) is 5.69 Å². The third-order valence-corrected chi connectivity index (χ3v) is 4.07. The van der Waals surface area contributed by atoms with Crippen LogP contribution in [0, 0.1) is 6.92 Å². The van der Waals surface area contributed by atoms with Gasteiger partial charge in [-0.2, -0.15) is 5.10 Å². The maximum absolute atomic E-state index is 12.6. The van der Waals surface area contributed by atoms with Crippen LogP contribution < -0.4 is 11.1 Å². The second-order valence-corrected chi connectivity index (χ2v) is 6.36. The summed E-state index contributed by atoms with van der Waals surface area (Å²) in [6.45, 7) is 1.11. The number of esters is 1. The Morgan fingerprint density at radius 2 is 1.76 bits per heavy atom. The van der Waals surface area contributed by atoms with Gasteiger partial charge >= 0.3 is 5.97 Å². The zero-order valence-electron chi connectivity index (χ0n) is 15.8. The van der Waals surface area contributed by atoms with Crippen LogP contribution in [-0.4, -0.2) is 40.7 Å². The second kappa shape index (κ2) is 8.83. The Morgan fingerprint density at radius 3 is 2.41 bits per heavy atom. The van der Waals surface area contributed by atoms with E-state index in [1.54, 1.807) is 10.9 Å². The summed E-state index contributed by atoms with van der Waals surface area (Å²) in [5, 5.41) is 6.80. The molecule has 0 saturated heterocycles. The normalized spacial score (nSPS) is 10.4. The molecule has 0 unspecified atom stereocenters. The third kappa shape index (κ3) is 5.07. The maximum atomic E-state index is 12.6. The molecular weight excluding hydrogens is 372 g/mol. The summed E-state index contributed by atoms with van der Waals surface area (Å²) in [6, 6.07) is 16.9. The van der Waals surface area contributed by atoms with Crippen molar-refractivity contribution in [1.82, 2.24) is 15.1 Å². The number of carbonyl (C=O) groups excluding carboxylic acids is 3.